The number of nitrogens with two attached hydrogens (primary N) is 1. The van der Waals surface area contributed by atoms with Gasteiger partial charge in [-0.05, 0) is 50.8 Å². The Morgan fingerprint density at radius 1 is 1.04 bits per heavy atom. The molecule has 5 heteroatoms. The molecule has 2 heterocycles. The van der Waals surface area contributed by atoms with Gasteiger partial charge in [-0.1, -0.05) is 24.3 Å². The van der Waals surface area contributed by atoms with E-state index in [4.69, 9.17) is 5.73 Å². The van der Waals surface area contributed by atoms with E-state index in [9.17, 15) is 0 Å². The number of aryl methyl sites for hydroxylation is 1. The van der Waals surface area contributed by atoms with Gasteiger partial charge in [-0.25, -0.2) is 4.98 Å². The molecule has 126 valence electrons. The molecule has 1 saturated heterocycles. The van der Waals surface area contributed by atoms with E-state index in [1.807, 2.05) is 0 Å². The van der Waals surface area contributed by atoms with Gasteiger partial charge in [0.25, 0.3) is 0 Å². The summed E-state index contributed by atoms with van der Waals surface area (Å²) in [5.41, 5.74) is 10.8. The summed E-state index contributed by atoms with van der Waals surface area (Å²) in [4.78, 5) is 11.6. The van der Waals surface area contributed by atoms with E-state index < -0.39 is 0 Å². The molecule has 0 amide bonds. The van der Waals surface area contributed by atoms with E-state index >= 15 is 0 Å². The fourth-order valence-corrected chi connectivity index (χ4v) is 3.87. The molecule has 5 nitrogen and oxygen atoms in total. The lowest BCUT2D eigenvalue weighted by Gasteiger charge is -2.18. The molecule has 3 N–H and O–H groups in total. The van der Waals surface area contributed by atoms with Crippen molar-refractivity contribution in [1.29, 1.82) is 0 Å². The number of hydrogen-bond acceptors (Lipinski definition) is 5. The Hall–Kier alpha value is -2.14. The zero-order valence-electron chi connectivity index (χ0n) is 14.1. The van der Waals surface area contributed by atoms with Crippen molar-refractivity contribution in [3.8, 4) is 11.3 Å². The minimum absolute atomic E-state index is 0.356. The largest absolute Gasteiger partial charge is 0.368 e. The van der Waals surface area contributed by atoms with Crippen LogP contribution in [0.2, 0.25) is 0 Å². The summed E-state index contributed by atoms with van der Waals surface area (Å²) in [5, 5.41) is 3.53. The molecule has 24 heavy (non-hydrogen) atoms. The van der Waals surface area contributed by atoms with Gasteiger partial charge in [0.15, 0.2) is 0 Å². The fraction of sp³-hybridized carbons (Fsp3) is 0.474. The van der Waals surface area contributed by atoms with Crippen molar-refractivity contribution >= 4 is 11.8 Å². The summed E-state index contributed by atoms with van der Waals surface area (Å²) in [6, 6.07) is 8.53. The molecular weight excluding hydrogens is 298 g/mol. The highest BCUT2D eigenvalue weighted by atomic mass is 15.2. The maximum absolute atomic E-state index is 6.01. The predicted molar refractivity (Wildman–Crippen MR) is 98.1 cm³/mol. The maximum atomic E-state index is 6.01. The molecule has 1 fully saturated rings. The summed E-state index contributed by atoms with van der Waals surface area (Å²) in [7, 11) is 0. The van der Waals surface area contributed by atoms with E-state index in [0.717, 1.165) is 43.9 Å². The fourth-order valence-electron chi connectivity index (χ4n) is 3.87. The monoisotopic (exact) mass is 323 g/mol. The highest BCUT2D eigenvalue weighted by Gasteiger charge is 2.20. The molecule has 1 aromatic carbocycles. The normalized spacial score (nSPS) is 17.2. The number of nitrogens with zero attached hydrogens (tertiary/aromatic N) is 3. The molecule has 1 aromatic heterocycles. The van der Waals surface area contributed by atoms with Crippen molar-refractivity contribution in [2.45, 2.75) is 32.1 Å². The third-order valence-electron chi connectivity index (χ3n) is 5.09. The van der Waals surface area contributed by atoms with Gasteiger partial charge in [0.05, 0.1) is 5.69 Å². The smallest absolute Gasteiger partial charge is 0.222 e. The van der Waals surface area contributed by atoms with Crippen LogP contribution >= 0.6 is 0 Å². The Morgan fingerprint density at radius 2 is 1.88 bits per heavy atom. The van der Waals surface area contributed by atoms with Crippen LogP contribution in [-0.4, -0.2) is 41.0 Å². The lowest BCUT2D eigenvalue weighted by molar-refractivity contribution is 0.352. The van der Waals surface area contributed by atoms with Crippen LogP contribution < -0.4 is 11.1 Å². The van der Waals surface area contributed by atoms with Crippen molar-refractivity contribution in [1.82, 2.24) is 14.9 Å². The summed E-state index contributed by atoms with van der Waals surface area (Å²) < 4.78 is 0. The van der Waals surface area contributed by atoms with Crippen LogP contribution in [0.3, 0.4) is 0 Å². The predicted octanol–water partition coefficient (Wildman–Crippen LogP) is 2.72. The maximum Gasteiger partial charge on any atom is 0.222 e. The molecule has 0 radical (unpaired) electrons. The molecule has 0 atom stereocenters. The molecule has 4 rings (SSSR count). The number of benzene rings is 1. The highest BCUT2D eigenvalue weighted by molar-refractivity contribution is 5.73. The van der Waals surface area contributed by atoms with Crippen LogP contribution in [0.1, 0.15) is 30.4 Å². The highest BCUT2D eigenvalue weighted by Crippen LogP contribution is 2.34. The summed E-state index contributed by atoms with van der Waals surface area (Å²) >= 11 is 0. The summed E-state index contributed by atoms with van der Waals surface area (Å²) in [6.45, 7) is 4.41. The minimum atomic E-state index is 0.356. The van der Waals surface area contributed by atoms with Crippen molar-refractivity contribution in [3.63, 3.8) is 0 Å². The molecule has 1 aliphatic heterocycles. The van der Waals surface area contributed by atoms with Gasteiger partial charge < -0.3 is 16.0 Å². The van der Waals surface area contributed by atoms with Crippen LogP contribution in [0.4, 0.5) is 11.8 Å². The molecule has 0 spiro atoms. The number of nitrogen functional groups attached to an aromatic ring is 1. The number of rotatable bonds is 4. The summed E-state index contributed by atoms with van der Waals surface area (Å²) in [5.74, 6) is 1.28. The lowest BCUT2D eigenvalue weighted by Crippen LogP contribution is -2.26. The Bertz CT molecular complexity index is 722. The number of anilines is 2. The van der Waals surface area contributed by atoms with Crippen molar-refractivity contribution in [2.75, 3.05) is 37.2 Å². The first-order valence-electron chi connectivity index (χ1n) is 9.02. The second-order valence-electron chi connectivity index (χ2n) is 6.74. The molecule has 2 aliphatic rings. The third-order valence-corrected chi connectivity index (χ3v) is 5.09. The minimum Gasteiger partial charge on any atom is -0.368 e. The lowest BCUT2D eigenvalue weighted by atomic mass is 10.0. The van der Waals surface area contributed by atoms with Gasteiger partial charge in [0, 0.05) is 24.2 Å². The Balaban J connectivity index is 1.61. The number of aromatic nitrogens is 2. The first kappa shape index (κ1) is 15.4. The van der Waals surface area contributed by atoms with E-state index in [1.54, 1.807) is 0 Å². The van der Waals surface area contributed by atoms with Gasteiger partial charge in [-0.2, -0.15) is 4.98 Å². The van der Waals surface area contributed by atoms with E-state index in [0.29, 0.717) is 5.95 Å². The average molecular weight is 323 g/mol. The zero-order chi connectivity index (χ0) is 16.4. The van der Waals surface area contributed by atoms with Crippen molar-refractivity contribution in [3.05, 3.63) is 35.4 Å². The van der Waals surface area contributed by atoms with E-state index in [2.05, 4.69) is 44.5 Å². The first-order valence-corrected chi connectivity index (χ1v) is 9.02. The summed E-state index contributed by atoms with van der Waals surface area (Å²) in [6.07, 6.45) is 5.85. The molecule has 0 bridgehead atoms. The van der Waals surface area contributed by atoms with Gasteiger partial charge >= 0.3 is 0 Å². The topological polar surface area (TPSA) is 67.1 Å². The number of fused-ring (bicyclic) bond motifs is 3. The molecular formula is C19H25N5. The number of likely N-dealkylation sites (tertiary alicyclic amines) is 1. The molecule has 2 aromatic rings. The Kier molecular flexibility index (Phi) is 4.34. The van der Waals surface area contributed by atoms with Gasteiger partial charge in [-0.3, -0.25) is 0 Å². The molecule has 0 saturated carbocycles. The standard InChI is InChI=1S/C19H25N5/c20-19-22-17-15-8-2-1-6-14(15)7-5-9-16(17)18(23-19)21-10-13-24-11-3-4-12-24/h1-2,6,8H,3-5,7,9-13H2,(H3,20,21,22,23). The van der Waals surface area contributed by atoms with Crippen molar-refractivity contribution in [2.24, 2.45) is 0 Å². The van der Waals surface area contributed by atoms with Gasteiger partial charge in [0.2, 0.25) is 5.95 Å². The van der Waals surface area contributed by atoms with Crippen LogP contribution in [0.5, 0.6) is 0 Å². The van der Waals surface area contributed by atoms with Crippen molar-refractivity contribution < 1.29 is 0 Å². The van der Waals surface area contributed by atoms with Crippen LogP contribution in [0, 0.1) is 0 Å². The molecule has 1 aliphatic carbocycles. The first-order chi connectivity index (χ1) is 11.8. The second-order valence-corrected chi connectivity index (χ2v) is 6.74. The van der Waals surface area contributed by atoms with E-state index in [1.165, 1.54) is 42.6 Å². The van der Waals surface area contributed by atoms with Crippen LogP contribution in [0.15, 0.2) is 24.3 Å². The second kappa shape index (κ2) is 6.77. The van der Waals surface area contributed by atoms with Crippen LogP contribution in [0.25, 0.3) is 11.3 Å². The zero-order valence-corrected chi connectivity index (χ0v) is 14.1. The average Bonchev–Trinajstić information content (AvgIpc) is 3.03. The van der Waals surface area contributed by atoms with E-state index in [-0.39, 0.29) is 0 Å². The van der Waals surface area contributed by atoms with Gasteiger partial charge in [0.1, 0.15) is 5.82 Å². The third kappa shape index (κ3) is 3.08. The van der Waals surface area contributed by atoms with Gasteiger partial charge in [-0.15, -0.1) is 0 Å². The SMILES string of the molecule is Nc1nc(NCCN2CCCC2)c2c(n1)-c1ccccc1CCC2. The Labute approximate surface area is 143 Å². The van der Waals surface area contributed by atoms with Crippen LogP contribution in [-0.2, 0) is 12.8 Å². The number of hydrogen-bond donors (Lipinski definition) is 2. The molecule has 0 unspecified atom stereocenters. The Morgan fingerprint density at radius 3 is 2.75 bits per heavy atom. The quantitative estimate of drug-likeness (QED) is 0.905. The number of nitrogens with one attached hydrogen (secondary N) is 1.